The molecule has 2 atom stereocenters. The molecule has 0 amide bonds. The first-order valence-electron chi connectivity index (χ1n) is 10.3. The Hall–Kier alpha value is -2.29. The zero-order chi connectivity index (χ0) is 21.1. The molecule has 30 heavy (non-hydrogen) atoms. The normalized spacial score (nSPS) is 18.6. The van der Waals surface area contributed by atoms with Crippen molar-refractivity contribution in [2.24, 2.45) is 11.8 Å². The molecule has 0 saturated carbocycles. The van der Waals surface area contributed by atoms with Gasteiger partial charge >= 0.3 is 0 Å². The molecule has 1 aliphatic heterocycles. The monoisotopic (exact) mass is 432 g/mol. The van der Waals surface area contributed by atoms with Gasteiger partial charge in [-0.2, -0.15) is 0 Å². The van der Waals surface area contributed by atoms with Gasteiger partial charge in [-0.05, 0) is 37.3 Å². The van der Waals surface area contributed by atoms with Crippen molar-refractivity contribution in [2.45, 2.75) is 19.8 Å². The van der Waals surface area contributed by atoms with E-state index in [1.165, 1.54) is 6.20 Å². The van der Waals surface area contributed by atoms with E-state index in [2.05, 4.69) is 30.2 Å². The van der Waals surface area contributed by atoms with Crippen LogP contribution in [0.4, 0.5) is 10.2 Å². The summed E-state index contributed by atoms with van der Waals surface area (Å²) in [5.74, 6) is 0.800. The Balaban J connectivity index is 1.47. The van der Waals surface area contributed by atoms with Crippen LogP contribution in [0.25, 0.3) is 22.4 Å². The average molecular weight is 433 g/mol. The van der Waals surface area contributed by atoms with Crippen molar-refractivity contribution < 1.29 is 9.50 Å². The number of hydrogen-bond donors (Lipinski definition) is 3. The maximum absolute atomic E-state index is 14.4. The van der Waals surface area contributed by atoms with Crippen LogP contribution in [0.1, 0.15) is 19.8 Å². The van der Waals surface area contributed by atoms with Crippen LogP contribution in [0.2, 0.25) is 5.02 Å². The summed E-state index contributed by atoms with van der Waals surface area (Å²) in [6.45, 7) is 5.75. The number of H-pyrrole nitrogens is 1. The number of hydrogen-bond acceptors (Lipinski definition) is 6. The number of pyridine rings is 1. The Morgan fingerprint density at radius 2 is 2.27 bits per heavy atom. The van der Waals surface area contributed by atoms with Gasteiger partial charge in [0, 0.05) is 49.6 Å². The van der Waals surface area contributed by atoms with Gasteiger partial charge in [0.1, 0.15) is 5.65 Å². The highest BCUT2D eigenvalue weighted by Gasteiger charge is 2.22. The molecular weight excluding hydrogens is 407 g/mol. The Morgan fingerprint density at radius 1 is 1.40 bits per heavy atom. The van der Waals surface area contributed by atoms with Crippen LogP contribution in [-0.2, 0) is 0 Å². The molecular formula is C21H26ClFN6O. The summed E-state index contributed by atoms with van der Waals surface area (Å²) in [6.07, 6.45) is 6.70. The summed E-state index contributed by atoms with van der Waals surface area (Å²) in [7, 11) is 0. The van der Waals surface area contributed by atoms with Crippen molar-refractivity contribution in [3.63, 3.8) is 0 Å². The van der Waals surface area contributed by atoms with Crippen molar-refractivity contribution in [2.75, 3.05) is 38.1 Å². The first kappa shape index (κ1) is 21.0. The van der Waals surface area contributed by atoms with E-state index in [0.29, 0.717) is 29.0 Å². The van der Waals surface area contributed by atoms with Crippen LogP contribution in [-0.4, -0.2) is 62.7 Å². The number of rotatable bonds is 7. The molecule has 7 nitrogen and oxygen atoms in total. The minimum absolute atomic E-state index is 0.197. The summed E-state index contributed by atoms with van der Waals surface area (Å²) in [5.41, 5.74) is 1.40. The Kier molecular flexibility index (Phi) is 6.46. The highest BCUT2D eigenvalue weighted by Crippen LogP contribution is 2.28. The second kappa shape index (κ2) is 9.24. The van der Waals surface area contributed by atoms with Crippen molar-refractivity contribution in [3.8, 4) is 11.4 Å². The minimum Gasteiger partial charge on any atom is -0.396 e. The predicted octanol–water partition coefficient (Wildman–Crippen LogP) is 3.56. The lowest BCUT2D eigenvalue weighted by molar-refractivity contribution is 0.131. The SMILES string of the molecule is C[C@H](CO)CN1CCC[C@@H](CNc2nc(-c3c[nH]c4ncc(Cl)cc34)ncc2F)C1. The molecule has 4 heterocycles. The summed E-state index contributed by atoms with van der Waals surface area (Å²) in [4.78, 5) is 18.3. The van der Waals surface area contributed by atoms with E-state index in [9.17, 15) is 9.50 Å². The molecule has 1 aliphatic rings. The fraction of sp³-hybridized carbons (Fsp3) is 0.476. The third-order valence-electron chi connectivity index (χ3n) is 5.53. The maximum Gasteiger partial charge on any atom is 0.183 e. The number of fused-ring (bicyclic) bond motifs is 1. The highest BCUT2D eigenvalue weighted by atomic mass is 35.5. The van der Waals surface area contributed by atoms with Gasteiger partial charge in [0.2, 0.25) is 0 Å². The van der Waals surface area contributed by atoms with Crippen molar-refractivity contribution in [3.05, 3.63) is 35.5 Å². The molecule has 1 saturated heterocycles. The predicted molar refractivity (Wildman–Crippen MR) is 116 cm³/mol. The van der Waals surface area contributed by atoms with Gasteiger partial charge in [-0.1, -0.05) is 18.5 Å². The Morgan fingerprint density at radius 3 is 3.10 bits per heavy atom. The number of likely N-dealkylation sites (tertiary alicyclic amines) is 1. The number of aliphatic hydroxyl groups excluding tert-OH is 1. The van der Waals surface area contributed by atoms with Crippen LogP contribution in [0, 0.1) is 17.7 Å². The first-order valence-corrected chi connectivity index (χ1v) is 10.6. The fourth-order valence-electron chi connectivity index (χ4n) is 4.01. The lowest BCUT2D eigenvalue weighted by atomic mass is 9.97. The molecule has 0 aromatic carbocycles. The maximum atomic E-state index is 14.4. The summed E-state index contributed by atoms with van der Waals surface area (Å²) >= 11 is 6.07. The zero-order valence-electron chi connectivity index (χ0n) is 16.9. The van der Waals surface area contributed by atoms with Gasteiger partial charge in [0.15, 0.2) is 17.5 Å². The van der Waals surface area contributed by atoms with E-state index >= 15 is 0 Å². The van der Waals surface area contributed by atoms with Crippen LogP contribution in [0.5, 0.6) is 0 Å². The number of anilines is 1. The fourth-order valence-corrected chi connectivity index (χ4v) is 4.16. The molecule has 1 fully saturated rings. The number of aromatic nitrogens is 4. The van der Waals surface area contributed by atoms with Gasteiger partial charge in [0.25, 0.3) is 0 Å². The minimum atomic E-state index is -0.476. The van der Waals surface area contributed by atoms with E-state index in [-0.39, 0.29) is 18.3 Å². The number of aliphatic hydroxyl groups is 1. The summed E-state index contributed by atoms with van der Waals surface area (Å²) < 4.78 is 14.4. The largest absolute Gasteiger partial charge is 0.396 e. The van der Waals surface area contributed by atoms with Crippen LogP contribution >= 0.6 is 11.6 Å². The molecule has 0 aliphatic carbocycles. The Bertz CT molecular complexity index is 1010. The summed E-state index contributed by atoms with van der Waals surface area (Å²) in [5, 5.41) is 13.8. The smallest absolute Gasteiger partial charge is 0.183 e. The molecule has 0 bridgehead atoms. The third kappa shape index (κ3) is 4.71. The molecule has 0 spiro atoms. The van der Waals surface area contributed by atoms with Gasteiger partial charge in [-0.3, -0.25) is 0 Å². The molecule has 4 rings (SSSR count). The van der Waals surface area contributed by atoms with E-state index in [1.807, 2.05) is 6.92 Å². The summed E-state index contributed by atoms with van der Waals surface area (Å²) in [6, 6.07) is 1.79. The molecule has 3 aromatic heterocycles. The van der Waals surface area contributed by atoms with Crippen LogP contribution in [0.15, 0.2) is 24.7 Å². The molecule has 9 heteroatoms. The lowest BCUT2D eigenvalue weighted by Crippen LogP contribution is -2.40. The van der Waals surface area contributed by atoms with E-state index < -0.39 is 5.82 Å². The van der Waals surface area contributed by atoms with Crippen molar-refractivity contribution in [1.29, 1.82) is 0 Å². The average Bonchev–Trinajstić information content (AvgIpc) is 3.16. The highest BCUT2D eigenvalue weighted by molar-refractivity contribution is 6.31. The number of aromatic amines is 1. The van der Waals surface area contributed by atoms with E-state index in [0.717, 1.165) is 43.4 Å². The first-order chi connectivity index (χ1) is 14.5. The molecule has 0 unspecified atom stereocenters. The molecule has 0 radical (unpaired) electrons. The number of piperidine rings is 1. The lowest BCUT2D eigenvalue weighted by Gasteiger charge is -2.34. The molecule has 160 valence electrons. The van der Waals surface area contributed by atoms with Crippen molar-refractivity contribution in [1.82, 2.24) is 24.8 Å². The zero-order valence-corrected chi connectivity index (χ0v) is 17.7. The Labute approximate surface area is 179 Å². The second-order valence-corrected chi connectivity index (χ2v) is 8.52. The van der Waals surface area contributed by atoms with E-state index in [4.69, 9.17) is 11.6 Å². The van der Waals surface area contributed by atoms with Crippen LogP contribution in [0.3, 0.4) is 0 Å². The van der Waals surface area contributed by atoms with Gasteiger partial charge in [-0.15, -0.1) is 0 Å². The molecule has 3 N–H and O–H groups in total. The van der Waals surface area contributed by atoms with Crippen molar-refractivity contribution >= 4 is 28.5 Å². The van der Waals surface area contributed by atoms with Gasteiger partial charge < -0.3 is 20.3 Å². The number of nitrogens with zero attached hydrogens (tertiary/aromatic N) is 4. The third-order valence-corrected chi connectivity index (χ3v) is 5.73. The molecule has 3 aromatic rings. The quantitative estimate of drug-likeness (QED) is 0.529. The van der Waals surface area contributed by atoms with Gasteiger partial charge in [0.05, 0.1) is 11.2 Å². The number of halogens is 2. The van der Waals surface area contributed by atoms with Crippen LogP contribution < -0.4 is 5.32 Å². The second-order valence-electron chi connectivity index (χ2n) is 8.08. The number of nitrogens with one attached hydrogen (secondary N) is 2. The van der Waals surface area contributed by atoms with E-state index in [1.54, 1.807) is 18.5 Å². The van der Waals surface area contributed by atoms with Gasteiger partial charge in [-0.25, -0.2) is 19.3 Å². The topological polar surface area (TPSA) is 90.0 Å². The standard InChI is InChI=1S/C21H26ClFN6O/c1-13(12-30)10-29-4-2-3-14(11-29)6-24-21-18(23)9-27-20(28-21)17-8-26-19-16(17)5-15(22)7-25-19/h5,7-9,13-14,30H,2-4,6,10-12H2,1H3,(H,25,26)(H,24,27,28)/t13-,14-/m0/s1.